The van der Waals surface area contributed by atoms with Gasteiger partial charge in [-0.3, -0.25) is 0 Å². The van der Waals surface area contributed by atoms with Crippen LogP contribution in [0.15, 0.2) is 11.6 Å². The Morgan fingerprint density at radius 2 is 2.00 bits per heavy atom. The molecular weight excluding hydrogens is 216 g/mol. The third kappa shape index (κ3) is 5.87. The van der Waals surface area contributed by atoms with E-state index in [-0.39, 0.29) is 5.97 Å². The van der Waals surface area contributed by atoms with Gasteiger partial charge in [0.05, 0.1) is 12.7 Å². The molecule has 17 heavy (non-hydrogen) atoms. The quantitative estimate of drug-likeness (QED) is 0.524. The second-order valence-corrected chi connectivity index (χ2v) is 4.71. The van der Waals surface area contributed by atoms with Crippen LogP contribution in [-0.4, -0.2) is 23.8 Å². The Labute approximate surface area is 104 Å². The van der Waals surface area contributed by atoms with E-state index in [1.165, 1.54) is 38.2 Å². The lowest BCUT2D eigenvalue weighted by Gasteiger charge is -2.18. The Morgan fingerprint density at radius 3 is 2.71 bits per heavy atom. The molecule has 0 spiro atoms. The van der Waals surface area contributed by atoms with Gasteiger partial charge >= 0.3 is 5.97 Å². The van der Waals surface area contributed by atoms with Gasteiger partial charge in [-0.25, -0.2) is 4.79 Å². The highest BCUT2D eigenvalue weighted by Gasteiger charge is 2.17. The number of carbonyl (C=O) groups excluding carboxylic acids is 1. The molecule has 1 atom stereocenters. The average molecular weight is 240 g/mol. The monoisotopic (exact) mass is 240 g/mol. The summed E-state index contributed by atoms with van der Waals surface area (Å²) in [6.45, 7) is 2.62. The molecule has 0 saturated heterocycles. The molecule has 0 aromatic heterocycles. The number of cyclic esters (lactones) is 1. The first-order valence-corrected chi connectivity index (χ1v) is 6.79. The second kappa shape index (κ2) is 8.29. The summed E-state index contributed by atoms with van der Waals surface area (Å²) in [7, 11) is 0. The molecule has 0 radical (unpaired) electrons. The van der Waals surface area contributed by atoms with Crippen LogP contribution in [0.1, 0.15) is 58.3 Å². The maximum Gasteiger partial charge on any atom is 0.330 e. The molecule has 0 aromatic rings. The van der Waals surface area contributed by atoms with Crippen molar-refractivity contribution < 1.29 is 14.6 Å². The summed E-state index contributed by atoms with van der Waals surface area (Å²) in [5.41, 5.74) is 0.842. The number of unbranched alkanes of at least 4 members (excludes halogenated alkanes) is 5. The number of esters is 1. The van der Waals surface area contributed by atoms with Crippen LogP contribution < -0.4 is 0 Å². The van der Waals surface area contributed by atoms with Crippen molar-refractivity contribution in [2.24, 2.45) is 0 Å². The van der Waals surface area contributed by atoms with E-state index < -0.39 is 6.10 Å². The maximum absolute atomic E-state index is 11.0. The van der Waals surface area contributed by atoms with Gasteiger partial charge in [-0.1, -0.05) is 45.4 Å². The molecule has 1 unspecified atom stereocenters. The van der Waals surface area contributed by atoms with E-state index in [0.29, 0.717) is 13.0 Å². The number of hydrogen-bond donors (Lipinski definition) is 1. The van der Waals surface area contributed by atoms with Crippen LogP contribution in [-0.2, 0) is 9.53 Å². The Morgan fingerprint density at radius 1 is 1.29 bits per heavy atom. The van der Waals surface area contributed by atoms with E-state index in [4.69, 9.17) is 4.74 Å². The molecule has 1 rings (SSSR count). The Kier molecular flexibility index (Phi) is 6.94. The SMILES string of the molecule is CCCCCCCCC(O)C1=CC(=O)OCC1. The first-order chi connectivity index (χ1) is 8.24. The molecule has 1 aliphatic heterocycles. The highest BCUT2D eigenvalue weighted by molar-refractivity contribution is 5.83. The molecule has 3 nitrogen and oxygen atoms in total. The number of aliphatic hydroxyl groups excluding tert-OH is 1. The molecule has 0 saturated carbocycles. The number of ether oxygens (including phenoxy) is 1. The van der Waals surface area contributed by atoms with Gasteiger partial charge < -0.3 is 9.84 Å². The maximum atomic E-state index is 11.0. The normalized spacial score (nSPS) is 17.5. The van der Waals surface area contributed by atoms with Crippen molar-refractivity contribution in [1.29, 1.82) is 0 Å². The molecule has 1 heterocycles. The zero-order valence-electron chi connectivity index (χ0n) is 10.8. The van der Waals surface area contributed by atoms with Crippen LogP contribution in [0.3, 0.4) is 0 Å². The van der Waals surface area contributed by atoms with Crippen molar-refractivity contribution >= 4 is 5.97 Å². The minimum absolute atomic E-state index is 0.312. The minimum Gasteiger partial charge on any atom is -0.462 e. The number of hydrogen-bond acceptors (Lipinski definition) is 3. The van der Waals surface area contributed by atoms with Gasteiger partial charge in [0.1, 0.15) is 0 Å². The summed E-state index contributed by atoms with van der Waals surface area (Å²) in [5.74, 6) is -0.312. The van der Waals surface area contributed by atoms with Crippen LogP contribution in [0.5, 0.6) is 0 Å². The van der Waals surface area contributed by atoms with E-state index in [9.17, 15) is 9.90 Å². The molecule has 0 bridgehead atoms. The first kappa shape index (κ1) is 14.2. The average Bonchev–Trinajstić information content (AvgIpc) is 2.33. The third-order valence-corrected chi connectivity index (χ3v) is 3.20. The zero-order chi connectivity index (χ0) is 12.5. The van der Waals surface area contributed by atoms with Crippen molar-refractivity contribution in [3.05, 3.63) is 11.6 Å². The van der Waals surface area contributed by atoms with E-state index in [1.54, 1.807) is 0 Å². The first-order valence-electron chi connectivity index (χ1n) is 6.79. The Bertz CT molecular complexity index is 258. The van der Waals surface area contributed by atoms with Crippen LogP contribution in [0, 0.1) is 0 Å². The summed E-state index contributed by atoms with van der Waals surface area (Å²) in [6.07, 6.45) is 9.78. The Balaban J connectivity index is 2.12. The third-order valence-electron chi connectivity index (χ3n) is 3.20. The molecule has 1 N–H and O–H groups in total. The van der Waals surface area contributed by atoms with Crippen LogP contribution in [0.4, 0.5) is 0 Å². The van der Waals surface area contributed by atoms with Gasteiger partial charge in [0.2, 0.25) is 0 Å². The van der Waals surface area contributed by atoms with Crippen molar-refractivity contribution in [1.82, 2.24) is 0 Å². The summed E-state index contributed by atoms with van der Waals surface area (Å²) in [4.78, 5) is 11.0. The van der Waals surface area contributed by atoms with E-state index in [2.05, 4.69) is 6.92 Å². The van der Waals surface area contributed by atoms with Gasteiger partial charge in [-0.05, 0) is 12.0 Å². The Hall–Kier alpha value is -0.830. The summed E-state index contributed by atoms with van der Waals surface area (Å²) in [5, 5.41) is 9.92. The number of carbonyl (C=O) groups is 1. The second-order valence-electron chi connectivity index (χ2n) is 4.71. The summed E-state index contributed by atoms with van der Waals surface area (Å²) in [6, 6.07) is 0. The highest BCUT2D eigenvalue weighted by Crippen LogP contribution is 2.18. The lowest BCUT2D eigenvalue weighted by molar-refractivity contribution is -0.138. The standard InChI is InChI=1S/C14H24O3/c1-2-3-4-5-6-7-8-13(15)12-9-10-17-14(16)11-12/h11,13,15H,2-10H2,1H3. The topological polar surface area (TPSA) is 46.5 Å². The van der Waals surface area contributed by atoms with Gasteiger partial charge in [0, 0.05) is 12.5 Å². The van der Waals surface area contributed by atoms with Gasteiger partial charge in [-0.15, -0.1) is 0 Å². The molecule has 0 fully saturated rings. The molecular formula is C14H24O3. The number of rotatable bonds is 8. The van der Waals surface area contributed by atoms with E-state index in [1.807, 2.05) is 0 Å². The predicted molar refractivity (Wildman–Crippen MR) is 67.7 cm³/mol. The van der Waals surface area contributed by atoms with Gasteiger partial charge in [0.25, 0.3) is 0 Å². The zero-order valence-corrected chi connectivity index (χ0v) is 10.8. The minimum atomic E-state index is -0.450. The van der Waals surface area contributed by atoms with E-state index >= 15 is 0 Å². The van der Waals surface area contributed by atoms with E-state index in [0.717, 1.165) is 18.4 Å². The molecule has 0 amide bonds. The fourth-order valence-electron chi connectivity index (χ4n) is 2.10. The van der Waals surface area contributed by atoms with Crippen LogP contribution >= 0.6 is 0 Å². The van der Waals surface area contributed by atoms with Crippen molar-refractivity contribution in [3.63, 3.8) is 0 Å². The highest BCUT2D eigenvalue weighted by atomic mass is 16.5. The molecule has 3 heteroatoms. The fourth-order valence-corrected chi connectivity index (χ4v) is 2.10. The van der Waals surface area contributed by atoms with Crippen molar-refractivity contribution in [3.8, 4) is 0 Å². The number of aliphatic hydroxyl groups is 1. The summed E-state index contributed by atoms with van der Waals surface area (Å²) < 4.78 is 4.80. The molecule has 0 aliphatic carbocycles. The summed E-state index contributed by atoms with van der Waals surface area (Å²) >= 11 is 0. The van der Waals surface area contributed by atoms with Gasteiger partial charge in [-0.2, -0.15) is 0 Å². The molecule has 1 aliphatic rings. The van der Waals surface area contributed by atoms with Crippen molar-refractivity contribution in [2.45, 2.75) is 64.4 Å². The smallest absolute Gasteiger partial charge is 0.330 e. The molecule has 98 valence electrons. The predicted octanol–water partition coefficient (Wildman–Crippen LogP) is 2.97. The fraction of sp³-hybridized carbons (Fsp3) is 0.786. The van der Waals surface area contributed by atoms with Crippen LogP contribution in [0.25, 0.3) is 0 Å². The van der Waals surface area contributed by atoms with Gasteiger partial charge in [0.15, 0.2) is 0 Å². The van der Waals surface area contributed by atoms with Crippen molar-refractivity contribution in [2.75, 3.05) is 6.61 Å². The lowest BCUT2D eigenvalue weighted by atomic mass is 9.99. The lowest BCUT2D eigenvalue weighted by Crippen LogP contribution is -2.19. The molecule has 0 aromatic carbocycles. The largest absolute Gasteiger partial charge is 0.462 e. The van der Waals surface area contributed by atoms with Crippen LogP contribution in [0.2, 0.25) is 0 Å².